The van der Waals surface area contributed by atoms with Gasteiger partial charge in [0.2, 0.25) is 9.84 Å². The largest absolute Gasteiger partial charge is 0.416 e. The number of hydrogen-bond donors (Lipinski definition) is 0. The van der Waals surface area contributed by atoms with Gasteiger partial charge >= 0.3 is 6.18 Å². The van der Waals surface area contributed by atoms with Crippen LogP contribution in [0, 0.1) is 6.92 Å². The zero-order valence-electron chi connectivity index (χ0n) is 12.8. The average Bonchev–Trinajstić information content (AvgIpc) is 2.44. The number of benzene rings is 2. The van der Waals surface area contributed by atoms with E-state index in [2.05, 4.69) is 0 Å². The maximum atomic E-state index is 13.0. The Morgan fingerprint density at radius 2 is 1.57 bits per heavy atom. The second-order valence-electron chi connectivity index (χ2n) is 6.34. The van der Waals surface area contributed by atoms with Crippen molar-refractivity contribution < 1.29 is 21.6 Å². The minimum Gasteiger partial charge on any atom is -0.218 e. The van der Waals surface area contributed by atoms with Crippen molar-refractivity contribution in [2.75, 3.05) is 0 Å². The fourth-order valence-corrected chi connectivity index (χ4v) is 5.05. The standard InChI is InChI=1S/C17H15F3O2S/c1-10-4-7-14-13(8-10)16(2,3)12-6-5-11(17(18,19)20)9-15(12)23(14,21)22/h4-9H,1-3H3. The van der Waals surface area contributed by atoms with Crippen LogP contribution in [0.5, 0.6) is 0 Å². The van der Waals surface area contributed by atoms with Crippen LogP contribution in [0.15, 0.2) is 46.2 Å². The van der Waals surface area contributed by atoms with E-state index in [0.717, 1.165) is 17.7 Å². The summed E-state index contributed by atoms with van der Waals surface area (Å²) in [6.07, 6.45) is -4.58. The number of hydrogen-bond acceptors (Lipinski definition) is 2. The van der Waals surface area contributed by atoms with E-state index in [9.17, 15) is 21.6 Å². The quantitative estimate of drug-likeness (QED) is 0.708. The topological polar surface area (TPSA) is 34.1 Å². The summed E-state index contributed by atoms with van der Waals surface area (Å²) in [7, 11) is -3.97. The molecule has 0 amide bonds. The molecule has 0 radical (unpaired) electrons. The first kappa shape index (κ1) is 16.1. The minimum atomic E-state index is -4.58. The summed E-state index contributed by atoms with van der Waals surface area (Å²) in [5.74, 6) is 0. The lowest BCUT2D eigenvalue weighted by atomic mass is 9.77. The van der Waals surface area contributed by atoms with Gasteiger partial charge in [-0.05, 0) is 36.2 Å². The Labute approximate surface area is 132 Å². The lowest BCUT2D eigenvalue weighted by molar-refractivity contribution is -0.137. The molecule has 0 atom stereocenters. The van der Waals surface area contributed by atoms with Crippen LogP contribution in [0.25, 0.3) is 0 Å². The second kappa shape index (κ2) is 4.60. The highest BCUT2D eigenvalue weighted by Gasteiger charge is 2.42. The summed E-state index contributed by atoms with van der Waals surface area (Å²) in [4.78, 5) is -0.173. The van der Waals surface area contributed by atoms with Crippen molar-refractivity contribution in [3.8, 4) is 0 Å². The van der Waals surface area contributed by atoms with Crippen LogP contribution in [0.2, 0.25) is 0 Å². The summed E-state index contributed by atoms with van der Waals surface area (Å²) in [5, 5.41) is 0. The molecule has 2 aromatic rings. The summed E-state index contributed by atoms with van der Waals surface area (Å²) in [5.41, 5.74) is 0.272. The van der Waals surface area contributed by atoms with Crippen LogP contribution in [-0.2, 0) is 21.4 Å². The van der Waals surface area contributed by atoms with Gasteiger partial charge < -0.3 is 0 Å². The third-order valence-electron chi connectivity index (χ3n) is 4.37. The van der Waals surface area contributed by atoms with E-state index in [4.69, 9.17) is 0 Å². The lowest BCUT2D eigenvalue weighted by Crippen LogP contribution is -2.30. The Bertz CT molecular complexity index is 910. The van der Waals surface area contributed by atoms with Crippen molar-refractivity contribution in [2.24, 2.45) is 0 Å². The minimum absolute atomic E-state index is 0.0833. The van der Waals surface area contributed by atoms with Crippen LogP contribution >= 0.6 is 0 Å². The Morgan fingerprint density at radius 3 is 2.17 bits per heavy atom. The Kier molecular flexibility index (Phi) is 3.21. The lowest BCUT2D eigenvalue weighted by Gasteiger charge is -2.35. The predicted octanol–water partition coefficient (Wildman–Crippen LogP) is 4.49. The van der Waals surface area contributed by atoms with E-state index in [1.165, 1.54) is 12.1 Å². The predicted molar refractivity (Wildman–Crippen MR) is 80.2 cm³/mol. The average molecular weight is 340 g/mol. The highest BCUT2D eigenvalue weighted by Crippen LogP contribution is 2.47. The summed E-state index contributed by atoms with van der Waals surface area (Å²) >= 11 is 0. The molecule has 0 aromatic heterocycles. The molecule has 0 saturated heterocycles. The summed E-state index contributed by atoms with van der Waals surface area (Å²) in [6.45, 7) is 5.50. The number of alkyl halides is 3. The van der Waals surface area contributed by atoms with E-state index in [1.54, 1.807) is 12.1 Å². The monoisotopic (exact) mass is 340 g/mol. The molecule has 0 spiro atoms. The van der Waals surface area contributed by atoms with E-state index < -0.39 is 27.0 Å². The van der Waals surface area contributed by atoms with Gasteiger partial charge in [-0.1, -0.05) is 37.6 Å². The molecule has 0 saturated carbocycles. The highest BCUT2D eigenvalue weighted by atomic mass is 32.2. The third-order valence-corrected chi connectivity index (χ3v) is 6.22. The van der Waals surface area contributed by atoms with Gasteiger partial charge in [-0.25, -0.2) is 8.42 Å². The van der Waals surface area contributed by atoms with Crippen molar-refractivity contribution >= 4 is 9.84 Å². The van der Waals surface area contributed by atoms with Gasteiger partial charge in [0.15, 0.2) is 0 Å². The van der Waals surface area contributed by atoms with Gasteiger partial charge in [0, 0.05) is 5.41 Å². The number of halogens is 3. The number of aryl methyl sites for hydroxylation is 1. The molecule has 1 aliphatic rings. The van der Waals surface area contributed by atoms with Crippen LogP contribution in [0.1, 0.15) is 36.1 Å². The van der Waals surface area contributed by atoms with Crippen molar-refractivity contribution in [3.05, 3.63) is 58.7 Å². The van der Waals surface area contributed by atoms with Gasteiger partial charge in [-0.2, -0.15) is 13.2 Å². The molecule has 0 fully saturated rings. The van der Waals surface area contributed by atoms with Crippen molar-refractivity contribution in [2.45, 2.75) is 42.2 Å². The van der Waals surface area contributed by atoms with Crippen molar-refractivity contribution in [3.63, 3.8) is 0 Å². The SMILES string of the molecule is Cc1ccc2c(c1)C(C)(C)c1ccc(C(F)(F)F)cc1S2(=O)=O. The molecule has 122 valence electrons. The van der Waals surface area contributed by atoms with Crippen LogP contribution < -0.4 is 0 Å². The molecular formula is C17H15F3O2S. The maximum Gasteiger partial charge on any atom is 0.416 e. The van der Waals surface area contributed by atoms with Gasteiger partial charge in [-0.3, -0.25) is 0 Å². The first-order valence-electron chi connectivity index (χ1n) is 7.03. The van der Waals surface area contributed by atoms with Crippen LogP contribution in [-0.4, -0.2) is 8.42 Å². The molecule has 0 bridgehead atoms. The summed E-state index contributed by atoms with van der Waals surface area (Å²) < 4.78 is 64.5. The number of sulfone groups is 1. The first-order chi connectivity index (χ1) is 10.5. The highest BCUT2D eigenvalue weighted by molar-refractivity contribution is 7.91. The van der Waals surface area contributed by atoms with E-state index in [1.807, 2.05) is 20.8 Å². The zero-order chi connectivity index (χ0) is 17.2. The number of rotatable bonds is 0. The van der Waals surface area contributed by atoms with Gasteiger partial charge in [0.05, 0.1) is 15.4 Å². The van der Waals surface area contributed by atoms with E-state index >= 15 is 0 Å². The molecule has 2 aromatic carbocycles. The fraction of sp³-hybridized carbons (Fsp3) is 0.294. The molecule has 2 nitrogen and oxygen atoms in total. The molecule has 23 heavy (non-hydrogen) atoms. The molecule has 6 heteroatoms. The van der Waals surface area contributed by atoms with Crippen LogP contribution in [0.4, 0.5) is 13.2 Å². The number of fused-ring (bicyclic) bond motifs is 2. The van der Waals surface area contributed by atoms with Crippen molar-refractivity contribution in [1.29, 1.82) is 0 Å². The molecule has 0 unspecified atom stereocenters. The summed E-state index contributed by atoms with van der Waals surface area (Å²) in [6, 6.07) is 7.89. The Balaban J connectivity index is 2.39. The molecule has 1 aliphatic heterocycles. The fourth-order valence-electron chi connectivity index (χ4n) is 3.07. The van der Waals surface area contributed by atoms with Gasteiger partial charge in [0.25, 0.3) is 0 Å². The molecule has 0 N–H and O–H groups in total. The second-order valence-corrected chi connectivity index (χ2v) is 8.22. The van der Waals surface area contributed by atoms with E-state index in [-0.39, 0.29) is 9.79 Å². The Hall–Kier alpha value is -1.82. The first-order valence-corrected chi connectivity index (χ1v) is 8.52. The van der Waals surface area contributed by atoms with Crippen LogP contribution in [0.3, 0.4) is 0 Å². The molecule has 3 rings (SSSR count). The molecular weight excluding hydrogens is 325 g/mol. The van der Waals surface area contributed by atoms with E-state index in [0.29, 0.717) is 11.1 Å². The van der Waals surface area contributed by atoms with Gasteiger partial charge in [0.1, 0.15) is 0 Å². The maximum absolute atomic E-state index is 13.0. The third kappa shape index (κ3) is 2.27. The Morgan fingerprint density at radius 1 is 0.913 bits per heavy atom. The smallest absolute Gasteiger partial charge is 0.218 e. The van der Waals surface area contributed by atoms with Crippen molar-refractivity contribution in [1.82, 2.24) is 0 Å². The normalized spacial score (nSPS) is 18.2. The molecule has 1 heterocycles. The molecule has 0 aliphatic carbocycles. The van der Waals surface area contributed by atoms with Gasteiger partial charge in [-0.15, -0.1) is 0 Å². The zero-order valence-corrected chi connectivity index (χ0v) is 13.6.